The number of rotatable bonds is 6. The third-order valence-electron chi connectivity index (χ3n) is 2.59. The van der Waals surface area contributed by atoms with E-state index in [1.807, 2.05) is 18.2 Å². The first-order valence-corrected chi connectivity index (χ1v) is 7.67. The number of hydrogen-bond donors (Lipinski definition) is 1. The molecule has 0 fully saturated rings. The number of aromatic nitrogens is 1. The molecule has 2 aromatic rings. The van der Waals surface area contributed by atoms with Gasteiger partial charge in [0.15, 0.2) is 12.2 Å². The maximum absolute atomic E-state index is 5.54. The van der Waals surface area contributed by atoms with E-state index < -0.39 is 0 Å². The molecule has 0 aliphatic rings. The molecule has 0 aliphatic carbocycles. The van der Waals surface area contributed by atoms with Gasteiger partial charge in [0.1, 0.15) is 5.69 Å². The van der Waals surface area contributed by atoms with Crippen LogP contribution in [0.5, 0.6) is 0 Å². The zero-order chi connectivity index (χ0) is 13.7. The van der Waals surface area contributed by atoms with E-state index in [0.717, 1.165) is 31.6 Å². The summed E-state index contributed by atoms with van der Waals surface area (Å²) in [5, 5.41) is 3.27. The van der Waals surface area contributed by atoms with Crippen molar-refractivity contribution < 1.29 is 9.15 Å². The Balaban J connectivity index is 2.16. The Morgan fingerprint density at radius 2 is 2.32 bits per heavy atom. The molecule has 0 spiro atoms. The van der Waals surface area contributed by atoms with E-state index in [-0.39, 0.29) is 0 Å². The van der Waals surface area contributed by atoms with Crippen LogP contribution in [0.1, 0.15) is 5.69 Å². The predicted molar refractivity (Wildman–Crippen MR) is 85.9 cm³/mol. The molecule has 102 valence electrons. The Hall–Kier alpha value is -0.440. The average Bonchev–Trinajstić information content (AvgIpc) is 2.86. The molecule has 6 heteroatoms. The lowest BCUT2D eigenvalue weighted by molar-refractivity contribution is 0.199. The fraction of sp³-hybridized carbons (Fsp3) is 0.308. The van der Waals surface area contributed by atoms with Crippen molar-refractivity contribution in [3.8, 4) is 11.3 Å². The van der Waals surface area contributed by atoms with Crippen LogP contribution in [0.2, 0.25) is 0 Å². The Kier molecular flexibility index (Phi) is 5.80. The average molecular weight is 437 g/mol. The van der Waals surface area contributed by atoms with Crippen molar-refractivity contribution >= 4 is 38.5 Å². The maximum atomic E-state index is 5.54. The molecule has 1 aromatic heterocycles. The zero-order valence-corrected chi connectivity index (χ0v) is 14.2. The molecule has 1 heterocycles. The third kappa shape index (κ3) is 4.01. The summed E-state index contributed by atoms with van der Waals surface area (Å²) in [4.78, 5) is 4.27. The van der Waals surface area contributed by atoms with Crippen LogP contribution in [0, 0.1) is 3.57 Å². The van der Waals surface area contributed by atoms with Crippen molar-refractivity contribution in [1.82, 2.24) is 10.3 Å². The monoisotopic (exact) mass is 436 g/mol. The lowest BCUT2D eigenvalue weighted by Gasteiger charge is -2.06. The summed E-state index contributed by atoms with van der Waals surface area (Å²) in [6, 6.07) is 6.10. The molecule has 19 heavy (non-hydrogen) atoms. The largest absolute Gasteiger partial charge is 0.443 e. The molecule has 1 aromatic carbocycles. The number of benzene rings is 1. The van der Waals surface area contributed by atoms with E-state index in [4.69, 9.17) is 9.15 Å². The Bertz CT molecular complexity index is 545. The van der Waals surface area contributed by atoms with Crippen molar-refractivity contribution in [2.24, 2.45) is 0 Å². The number of methoxy groups -OCH3 is 1. The van der Waals surface area contributed by atoms with Gasteiger partial charge in [-0.25, -0.2) is 4.98 Å². The van der Waals surface area contributed by atoms with Crippen LogP contribution >= 0.6 is 38.5 Å². The molecule has 1 N–H and O–H groups in total. The SMILES string of the molecule is COCCNCc1ncoc1-c1cc(Br)ccc1I. The number of ether oxygens (including phenoxy) is 1. The summed E-state index contributed by atoms with van der Waals surface area (Å²) in [5.41, 5.74) is 1.96. The van der Waals surface area contributed by atoms with Gasteiger partial charge in [-0.05, 0) is 40.8 Å². The van der Waals surface area contributed by atoms with Gasteiger partial charge >= 0.3 is 0 Å². The van der Waals surface area contributed by atoms with Gasteiger partial charge in [0, 0.05) is 33.8 Å². The quantitative estimate of drug-likeness (QED) is 0.556. The van der Waals surface area contributed by atoms with Crippen LogP contribution in [0.4, 0.5) is 0 Å². The van der Waals surface area contributed by atoms with Crippen LogP contribution in [0.25, 0.3) is 11.3 Å². The van der Waals surface area contributed by atoms with Crippen LogP contribution in [-0.4, -0.2) is 25.2 Å². The zero-order valence-electron chi connectivity index (χ0n) is 10.5. The second-order valence-corrected chi connectivity index (χ2v) is 6.00. The van der Waals surface area contributed by atoms with Crippen molar-refractivity contribution in [2.45, 2.75) is 6.54 Å². The second kappa shape index (κ2) is 7.37. The molecule has 0 bridgehead atoms. The summed E-state index contributed by atoms with van der Waals surface area (Å²) < 4.78 is 12.7. The molecule has 0 atom stereocenters. The number of halogens is 2. The van der Waals surface area contributed by atoms with Crippen LogP contribution < -0.4 is 5.32 Å². The minimum Gasteiger partial charge on any atom is -0.443 e. The number of oxazole rings is 1. The summed E-state index contributed by atoms with van der Waals surface area (Å²) >= 11 is 5.78. The molecular weight excluding hydrogens is 423 g/mol. The van der Waals surface area contributed by atoms with Gasteiger partial charge < -0.3 is 14.5 Å². The molecule has 0 saturated carbocycles. The summed E-state index contributed by atoms with van der Waals surface area (Å²) in [7, 11) is 1.69. The van der Waals surface area contributed by atoms with Gasteiger partial charge in [0.2, 0.25) is 0 Å². The van der Waals surface area contributed by atoms with Gasteiger partial charge in [-0.2, -0.15) is 0 Å². The van der Waals surface area contributed by atoms with Crippen molar-refractivity contribution in [2.75, 3.05) is 20.3 Å². The highest BCUT2D eigenvalue weighted by Crippen LogP contribution is 2.30. The predicted octanol–water partition coefficient (Wildman–Crippen LogP) is 3.44. The highest BCUT2D eigenvalue weighted by molar-refractivity contribution is 14.1. The van der Waals surface area contributed by atoms with Crippen molar-refractivity contribution in [3.05, 3.63) is 38.3 Å². The number of nitrogens with one attached hydrogen (secondary N) is 1. The second-order valence-electron chi connectivity index (χ2n) is 3.92. The van der Waals surface area contributed by atoms with E-state index >= 15 is 0 Å². The first-order valence-electron chi connectivity index (χ1n) is 5.80. The number of hydrogen-bond acceptors (Lipinski definition) is 4. The lowest BCUT2D eigenvalue weighted by Crippen LogP contribution is -2.19. The molecule has 2 rings (SSSR count). The first kappa shape index (κ1) is 15.0. The fourth-order valence-corrected chi connectivity index (χ4v) is 2.61. The Morgan fingerprint density at radius 3 is 3.11 bits per heavy atom. The summed E-state index contributed by atoms with van der Waals surface area (Å²) in [6.07, 6.45) is 1.49. The Morgan fingerprint density at radius 1 is 1.47 bits per heavy atom. The van der Waals surface area contributed by atoms with E-state index in [1.54, 1.807) is 7.11 Å². The lowest BCUT2D eigenvalue weighted by atomic mass is 10.1. The van der Waals surface area contributed by atoms with E-state index in [9.17, 15) is 0 Å². The standard InChI is InChI=1S/C13H14BrIN2O2/c1-18-5-4-16-7-12-13(19-8-17-12)10-6-9(14)2-3-11(10)15/h2-3,6,8,16H,4-5,7H2,1H3. The van der Waals surface area contributed by atoms with Gasteiger partial charge in [0.05, 0.1) is 6.61 Å². The summed E-state index contributed by atoms with van der Waals surface area (Å²) in [6.45, 7) is 2.14. The van der Waals surface area contributed by atoms with Gasteiger partial charge in [-0.1, -0.05) is 15.9 Å². The molecule has 4 nitrogen and oxygen atoms in total. The molecule has 0 saturated heterocycles. The maximum Gasteiger partial charge on any atom is 0.181 e. The van der Waals surface area contributed by atoms with E-state index in [1.165, 1.54) is 6.39 Å². The van der Waals surface area contributed by atoms with Crippen LogP contribution in [0.15, 0.2) is 33.5 Å². The minimum atomic E-state index is 0.664. The Labute approximate surface area is 134 Å². The van der Waals surface area contributed by atoms with Crippen molar-refractivity contribution in [3.63, 3.8) is 0 Å². The van der Waals surface area contributed by atoms with E-state index in [0.29, 0.717) is 13.2 Å². The topological polar surface area (TPSA) is 47.3 Å². The molecule has 0 unspecified atom stereocenters. The van der Waals surface area contributed by atoms with Gasteiger partial charge in [0.25, 0.3) is 0 Å². The fourth-order valence-electron chi connectivity index (χ4n) is 1.67. The highest BCUT2D eigenvalue weighted by atomic mass is 127. The van der Waals surface area contributed by atoms with Gasteiger partial charge in [-0.3, -0.25) is 0 Å². The number of nitrogens with zero attached hydrogens (tertiary/aromatic N) is 1. The molecule has 0 amide bonds. The minimum absolute atomic E-state index is 0.664. The third-order valence-corrected chi connectivity index (χ3v) is 4.02. The first-order chi connectivity index (χ1) is 9.22. The molecular formula is C13H14BrIN2O2. The van der Waals surface area contributed by atoms with Crippen molar-refractivity contribution in [1.29, 1.82) is 0 Å². The molecule has 0 radical (unpaired) electrons. The van der Waals surface area contributed by atoms with Crippen LogP contribution in [-0.2, 0) is 11.3 Å². The van der Waals surface area contributed by atoms with E-state index in [2.05, 4.69) is 48.8 Å². The summed E-state index contributed by atoms with van der Waals surface area (Å²) in [5.74, 6) is 0.815. The normalized spacial score (nSPS) is 10.9. The molecule has 0 aliphatic heterocycles. The smallest absolute Gasteiger partial charge is 0.181 e. The van der Waals surface area contributed by atoms with Gasteiger partial charge in [-0.15, -0.1) is 0 Å². The van der Waals surface area contributed by atoms with Crippen LogP contribution in [0.3, 0.4) is 0 Å². The highest BCUT2D eigenvalue weighted by Gasteiger charge is 2.13.